The molecule has 0 bridgehead atoms. The number of nitrogens with zero attached hydrogens (tertiary/aromatic N) is 2. The molecule has 0 aliphatic heterocycles. The smallest absolute Gasteiger partial charge is 0.163 e. The number of aliphatic hydroxyl groups is 1. The van der Waals surface area contributed by atoms with Crippen molar-refractivity contribution in [2.75, 3.05) is 24.7 Å². The molecule has 0 atom stereocenters. The van der Waals surface area contributed by atoms with Gasteiger partial charge in [-0.1, -0.05) is 23.7 Å². The first-order valence-corrected chi connectivity index (χ1v) is 7.51. The summed E-state index contributed by atoms with van der Waals surface area (Å²) in [4.78, 5) is 9.37. The Kier molecular flexibility index (Phi) is 5.05. The van der Waals surface area contributed by atoms with Crippen LogP contribution >= 0.6 is 23.4 Å². The Hall–Kier alpha value is -1.50. The van der Waals surface area contributed by atoms with Crippen molar-refractivity contribution < 1.29 is 10.2 Å². The Labute approximate surface area is 126 Å². The van der Waals surface area contributed by atoms with Gasteiger partial charge in [-0.3, -0.25) is 0 Å². The van der Waals surface area contributed by atoms with Gasteiger partial charge in [0.1, 0.15) is 16.7 Å². The molecule has 0 saturated carbocycles. The van der Waals surface area contributed by atoms with Crippen LogP contribution in [0.5, 0.6) is 5.75 Å². The number of aromatic hydroxyl groups is 1. The zero-order valence-corrected chi connectivity index (χ0v) is 12.4. The predicted molar refractivity (Wildman–Crippen MR) is 81.5 cm³/mol. The van der Waals surface area contributed by atoms with E-state index >= 15 is 0 Å². The summed E-state index contributed by atoms with van der Waals surface area (Å²) in [6.45, 7) is 0.372. The molecule has 7 heteroatoms. The van der Waals surface area contributed by atoms with Crippen molar-refractivity contribution in [2.24, 2.45) is 0 Å². The number of aromatic nitrogens is 2. The molecular formula is C13H14ClN3O2S. The number of phenols is 1. The van der Waals surface area contributed by atoms with Crippen LogP contribution in [0.15, 0.2) is 29.2 Å². The number of benzene rings is 1. The number of rotatable bonds is 5. The van der Waals surface area contributed by atoms with Gasteiger partial charge < -0.3 is 15.5 Å². The lowest BCUT2D eigenvalue weighted by molar-refractivity contribution is 0.311. The largest absolute Gasteiger partial charge is 0.508 e. The summed E-state index contributed by atoms with van der Waals surface area (Å²) in [6, 6.07) is 6.65. The van der Waals surface area contributed by atoms with Crippen LogP contribution in [-0.4, -0.2) is 39.6 Å². The molecule has 20 heavy (non-hydrogen) atoms. The zero-order chi connectivity index (χ0) is 14.5. The van der Waals surface area contributed by atoms with Crippen molar-refractivity contribution in [3.8, 4) is 17.1 Å². The molecule has 0 amide bonds. The van der Waals surface area contributed by atoms with Crippen molar-refractivity contribution in [3.63, 3.8) is 0 Å². The van der Waals surface area contributed by atoms with Crippen LogP contribution in [0, 0.1) is 0 Å². The third-order valence-electron chi connectivity index (χ3n) is 2.54. The molecule has 0 saturated heterocycles. The third kappa shape index (κ3) is 3.33. The third-order valence-corrected chi connectivity index (χ3v) is 3.72. The molecule has 1 aromatic carbocycles. The number of aliphatic hydroxyl groups excluding tert-OH is 1. The number of halogens is 1. The highest BCUT2D eigenvalue weighted by atomic mass is 35.5. The normalized spacial score (nSPS) is 10.6. The summed E-state index contributed by atoms with van der Waals surface area (Å²) in [5, 5.41) is 21.8. The minimum Gasteiger partial charge on any atom is -0.508 e. The van der Waals surface area contributed by atoms with Gasteiger partial charge in [-0.05, 0) is 18.4 Å². The molecule has 1 heterocycles. The SMILES string of the molecule is CSc1c(Cl)nc(-c2cccc(O)c2)nc1NCCO. The van der Waals surface area contributed by atoms with E-state index < -0.39 is 0 Å². The van der Waals surface area contributed by atoms with E-state index in [0.717, 1.165) is 4.90 Å². The highest BCUT2D eigenvalue weighted by Crippen LogP contribution is 2.32. The first-order valence-electron chi connectivity index (χ1n) is 5.91. The fraction of sp³-hybridized carbons (Fsp3) is 0.231. The Morgan fingerprint density at radius 2 is 2.15 bits per heavy atom. The van der Waals surface area contributed by atoms with E-state index in [1.165, 1.54) is 11.8 Å². The minimum absolute atomic E-state index is 0.00307. The van der Waals surface area contributed by atoms with Crippen LogP contribution in [0.1, 0.15) is 0 Å². The van der Waals surface area contributed by atoms with Crippen LogP contribution in [0.3, 0.4) is 0 Å². The second-order valence-electron chi connectivity index (χ2n) is 3.92. The average molecular weight is 312 g/mol. The fourth-order valence-electron chi connectivity index (χ4n) is 1.67. The van der Waals surface area contributed by atoms with Gasteiger partial charge >= 0.3 is 0 Å². The van der Waals surface area contributed by atoms with E-state index in [-0.39, 0.29) is 12.4 Å². The number of phenolic OH excluding ortho intramolecular Hbond substituents is 1. The van der Waals surface area contributed by atoms with Gasteiger partial charge in [-0.15, -0.1) is 11.8 Å². The van der Waals surface area contributed by atoms with Crippen LogP contribution in [0.4, 0.5) is 5.82 Å². The highest BCUT2D eigenvalue weighted by molar-refractivity contribution is 7.98. The maximum absolute atomic E-state index is 9.51. The molecule has 3 N–H and O–H groups in total. The lowest BCUT2D eigenvalue weighted by Gasteiger charge is -2.11. The Bertz CT molecular complexity index is 610. The Morgan fingerprint density at radius 1 is 1.35 bits per heavy atom. The molecule has 0 unspecified atom stereocenters. The quantitative estimate of drug-likeness (QED) is 0.582. The number of hydrogen-bond donors (Lipinski definition) is 3. The number of nitrogens with one attached hydrogen (secondary N) is 1. The molecule has 106 valence electrons. The van der Waals surface area contributed by atoms with Gasteiger partial charge in [0.25, 0.3) is 0 Å². The molecule has 0 aliphatic carbocycles. The monoisotopic (exact) mass is 311 g/mol. The van der Waals surface area contributed by atoms with E-state index in [1.54, 1.807) is 24.3 Å². The molecular weight excluding hydrogens is 298 g/mol. The van der Waals surface area contributed by atoms with E-state index in [1.807, 2.05) is 6.26 Å². The maximum Gasteiger partial charge on any atom is 0.163 e. The van der Waals surface area contributed by atoms with Crippen molar-refractivity contribution in [3.05, 3.63) is 29.4 Å². The Morgan fingerprint density at radius 3 is 2.80 bits per heavy atom. The predicted octanol–water partition coefficient (Wildman–Crippen LogP) is 2.63. The first kappa shape index (κ1) is 14.9. The Balaban J connectivity index is 2.47. The molecule has 0 radical (unpaired) electrons. The molecule has 0 spiro atoms. The van der Waals surface area contributed by atoms with Crippen LogP contribution in [-0.2, 0) is 0 Å². The summed E-state index contributed by atoms with van der Waals surface area (Å²) in [5.74, 6) is 1.13. The van der Waals surface area contributed by atoms with Crippen LogP contribution < -0.4 is 5.32 Å². The van der Waals surface area contributed by atoms with Gasteiger partial charge in [-0.25, -0.2) is 9.97 Å². The summed E-state index contributed by atoms with van der Waals surface area (Å²) in [7, 11) is 0. The molecule has 0 fully saturated rings. The average Bonchev–Trinajstić information content (AvgIpc) is 2.44. The zero-order valence-electron chi connectivity index (χ0n) is 10.8. The summed E-state index contributed by atoms with van der Waals surface area (Å²) in [5.41, 5.74) is 0.673. The highest BCUT2D eigenvalue weighted by Gasteiger charge is 2.13. The van der Waals surface area contributed by atoms with Crippen LogP contribution in [0.25, 0.3) is 11.4 Å². The lowest BCUT2D eigenvalue weighted by atomic mass is 10.2. The molecule has 1 aromatic heterocycles. The lowest BCUT2D eigenvalue weighted by Crippen LogP contribution is -2.09. The topological polar surface area (TPSA) is 78.3 Å². The molecule has 2 rings (SSSR count). The summed E-state index contributed by atoms with van der Waals surface area (Å²) >= 11 is 7.60. The van der Waals surface area contributed by atoms with Crippen molar-refractivity contribution in [2.45, 2.75) is 4.90 Å². The van der Waals surface area contributed by atoms with Gasteiger partial charge in [0.2, 0.25) is 0 Å². The molecule has 2 aromatic rings. The first-order chi connectivity index (χ1) is 9.65. The second-order valence-corrected chi connectivity index (χ2v) is 5.10. The van der Waals surface area contributed by atoms with Crippen molar-refractivity contribution in [1.29, 1.82) is 0 Å². The van der Waals surface area contributed by atoms with Crippen LogP contribution in [0.2, 0.25) is 5.15 Å². The van der Waals surface area contributed by atoms with E-state index in [4.69, 9.17) is 16.7 Å². The van der Waals surface area contributed by atoms with E-state index in [9.17, 15) is 5.11 Å². The van der Waals surface area contributed by atoms with Gasteiger partial charge in [-0.2, -0.15) is 0 Å². The molecule has 5 nitrogen and oxygen atoms in total. The number of thioether (sulfide) groups is 1. The number of hydrogen-bond acceptors (Lipinski definition) is 6. The summed E-state index contributed by atoms with van der Waals surface area (Å²) in [6.07, 6.45) is 1.88. The maximum atomic E-state index is 9.51. The number of anilines is 1. The van der Waals surface area contributed by atoms with E-state index in [0.29, 0.717) is 28.9 Å². The van der Waals surface area contributed by atoms with Gasteiger partial charge in [0.15, 0.2) is 5.82 Å². The fourth-order valence-corrected chi connectivity index (χ4v) is 2.60. The van der Waals surface area contributed by atoms with E-state index in [2.05, 4.69) is 15.3 Å². The second kappa shape index (κ2) is 6.78. The van der Waals surface area contributed by atoms with Crippen molar-refractivity contribution in [1.82, 2.24) is 9.97 Å². The van der Waals surface area contributed by atoms with Gasteiger partial charge in [0, 0.05) is 12.1 Å². The molecule has 0 aliphatic rings. The summed E-state index contributed by atoms with van der Waals surface area (Å²) < 4.78 is 0. The standard InChI is InChI=1S/C13H14ClN3O2S/c1-20-10-11(14)16-12(17-13(10)15-5-6-18)8-3-2-4-9(19)7-8/h2-4,7,18-19H,5-6H2,1H3,(H,15,16,17). The van der Waals surface area contributed by atoms with Gasteiger partial charge in [0.05, 0.1) is 11.5 Å². The van der Waals surface area contributed by atoms with Crippen molar-refractivity contribution >= 4 is 29.2 Å². The minimum atomic E-state index is -0.00307.